The number of amides is 1. The Morgan fingerprint density at radius 1 is 1.03 bits per heavy atom. The number of carbonyl (C=O) groups excluding carboxylic acids is 1. The summed E-state index contributed by atoms with van der Waals surface area (Å²) in [6.07, 6.45) is 3.13. The minimum Gasteiger partial charge on any atom is -0.496 e. The van der Waals surface area contributed by atoms with Gasteiger partial charge in [-0.3, -0.25) is 20.6 Å². The number of nitrogens with one attached hydrogen (secondary N) is 2. The molecule has 4 N–H and O–H groups in total. The molecule has 2 aromatic carbocycles. The molecule has 0 aliphatic rings. The van der Waals surface area contributed by atoms with E-state index in [-0.39, 0.29) is 5.91 Å². The fourth-order valence-corrected chi connectivity index (χ4v) is 3.77. The Morgan fingerprint density at radius 3 is 2.73 bits per heavy atom. The fraction of sp³-hybridized carbons (Fsp3) is 0.0476. The lowest BCUT2D eigenvalue weighted by Crippen LogP contribution is -2.30. The number of hydrogen-bond acceptors (Lipinski definition) is 8. The number of para-hydroxylation sites is 2. The summed E-state index contributed by atoms with van der Waals surface area (Å²) < 4.78 is 5.21. The summed E-state index contributed by atoms with van der Waals surface area (Å²) in [4.78, 5) is 26.3. The average Bonchev–Trinajstić information content (AvgIpc) is 2.79. The minimum absolute atomic E-state index is 0.295. The molecule has 2 heterocycles. The number of hydrogen-bond donors (Lipinski definition) is 3. The molecule has 8 nitrogen and oxygen atoms in total. The normalized spacial score (nSPS) is 10.6. The fourth-order valence-electron chi connectivity index (χ4n) is 2.84. The lowest BCUT2D eigenvalue weighted by Gasteiger charge is -2.13. The topological polar surface area (TPSA) is 115 Å². The van der Waals surface area contributed by atoms with Crippen molar-refractivity contribution in [3.8, 4) is 5.75 Å². The molecule has 0 aliphatic carbocycles. The van der Waals surface area contributed by atoms with Gasteiger partial charge in [0.1, 0.15) is 22.8 Å². The van der Waals surface area contributed by atoms with Crippen LogP contribution in [0.5, 0.6) is 5.75 Å². The molecule has 150 valence electrons. The Balaban J connectivity index is 1.54. The summed E-state index contributed by atoms with van der Waals surface area (Å²) in [5.41, 5.74) is 13.2. The van der Waals surface area contributed by atoms with Crippen molar-refractivity contribution in [2.75, 3.05) is 18.3 Å². The molecule has 0 fully saturated rings. The van der Waals surface area contributed by atoms with Crippen LogP contribution < -0.4 is 21.3 Å². The first kappa shape index (κ1) is 19.5. The van der Waals surface area contributed by atoms with Crippen LogP contribution in [0.4, 0.5) is 11.5 Å². The molecule has 0 atom stereocenters. The predicted molar refractivity (Wildman–Crippen MR) is 116 cm³/mol. The highest BCUT2D eigenvalue weighted by atomic mass is 32.2. The quantitative estimate of drug-likeness (QED) is 0.322. The smallest absolute Gasteiger partial charge is 0.273 e. The van der Waals surface area contributed by atoms with E-state index in [0.29, 0.717) is 27.8 Å². The zero-order chi connectivity index (χ0) is 20.9. The largest absolute Gasteiger partial charge is 0.496 e. The summed E-state index contributed by atoms with van der Waals surface area (Å²) in [6.45, 7) is 0. The summed E-state index contributed by atoms with van der Waals surface area (Å²) >= 11 is 1.38. The summed E-state index contributed by atoms with van der Waals surface area (Å²) in [5, 5.41) is 1.58. The maximum absolute atomic E-state index is 12.5. The van der Waals surface area contributed by atoms with E-state index in [0.717, 1.165) is 15.8 Å². The highest BCUT2D eigenvalue weighted by Gasteiger charge is 2.14. The lowest BCUT2D eigenvalue weighted by atomic mass is 10.2. The number of nitrogens with zero attached hydrogens (tertiary/aromatic N) is 3. The van der Waals surface area contributed by atoms with Crippen LogP contribution in [0.1, 0.15) is 10.4 Å². The molecule has 4 rings (SSSR count). The maximum Gasteiger partial charge on any atom is 0.273 e. The van der Waals surface area contributed by atoms with Gasteiger partial charge in [-0.15, -0.1) is 0 Å². The van der Waals surface area contributed by atoms with E-state index in [1.807, 2.05) is 30.3 Å². The van der Waals surface area contributed by atoms with Crippen molar-refractivity contribution in [2.24, 2.45) is 0 Å². The van der Waals surface area contributed by atoms with Crippen LogP contribution in [0.15, 0.2) is 77.0 Å². The summed E-state index contributed by atoms with van der Waals surface area (Å²) in [6, 6.07) is 16.7. The van der Waals surface area contributed by atoms with Crippen molar-refractivity contribution in [1.29, 1.82) is 0 Å². The molecule has 0 saturated heterocycles. The van der Waals surface area contributed by atoms with E-state index in [1.165, 1.54) is 25.2 Å². The first-order chi connectivity index (χ1) is 14.7. The standard InChI is InChI=1S/C21H18N6O2S/c1-29-15-9-3-2-8-14(15)20(28)27-26-19-17(22)21(25-12-24-19)30-16-10-4-6-13-7-5-11-23-18(13)16/h2-12H,22H2,1H3,(H,27,28)(H,24,25,26). The monoisotopic (exact) mass is 418 g/mol. The van der Waals surface area contributed by atoms with Gasteiger partial charge in [0, 0.05) is 16.5 Å². The number of pyridine rings is 1. The van der Waals surface area contributed by atoms with Gasteiger partial charge in [-0.05, 0) is 24.3 Å². The summed E-state index contributed by atoms with van der Waals surface area (Å²) in [5.74, 6) is 0.383. The van der Waals surface area contributed by atoms with Gasteiger partial charge in [0.05, 0.1) is 18.2 Å². The van der Waals surface area contributed by atoms with Crippen LogP contribution in [0, 0.1) is 0 Å². The van der Waals surface area contributed by atoms with Crippen molar-refractivity contribution in [1.82, 2.24) is 20.4 Å². The van der Waals surface area contributed by atoms with Crippen molar-refractivity contribution in [2.45, 2.75) is 9.92 Å². The van der Waals surface area contributed by atoms with E-state index in [9.17, 15) is 4.79 Å². The van der Waals surface area contributed by atoms with Gasteiger partial charge < -0.3 is 10.5 Å². The molecule has 1 amide bonds. The Morgan fingerprint density at radius 2 is 1.87 bits per heavy atom. The van der Waals surface area contributed by atoms with E-state index in [1.54, 1.807) is 30.5 Å². The molecular formula is C21H18N6O2S. The second-order valence-corrected chi connectivity index (χ2v) is 7.18. The molecule has 0 saturated carbocycles. The number of nitrogen functional groups attached to an aromatic ring is 1. The van der Waals surface area contributed by atoms with Crippen molar-refractivity contribution < 1.29 is 9.53 Å². The number of anilines is 2. The van der Waals surface area contributed by atoms with Crippen LogP contribution in [0.2, 0.25) is 0 Å². The molecule has 30 heavy (non-hydrogen) atoms. The van der Waals surface area contributed by atoms with Crippen molar-refractivity contribution in [3.63, 3.8) is 0 Å². The van der Waals surface area contributed by atoms with Crippen LogP contribution in [-0.4, -0.2) is 28.0 Å². The third kappa shape index (κ3) is 3.96. The molecule has 0 unspecified atom stereocenters. The van der Waals surface area contributed by atoms with Gasteiger partial charge in [0.2, 0.25) is 0 Å². The molecule has 2 aromatic heterocycles. The third-order valence-electron chi connectivity index (χ3n) is 4.30. The number of ether oxygens (including phenoxy) is 1. The van der Waals surface area contributed by atoms with Gasteiger partial charge in [-0.1, -0.05) is 42.1 Å². The SMILES string of the molecule is COc1ccccc1C(=O)NNc1ncnc(Sc2cccc3cccnc23)c1N. The lowest BCUT2D eigenvalue weighted by molar-refractivity contribution is 0.0959. The number of aromatic nitrogens is 3. The molecule has 0 bridgehead atoms. The number of nitrogens with two attached hydrogens (primary N) is 1. The maximum atomic E-state index is 12.5. The second-order valence-electron chi connectivity index (χ2n) is 6.15. The van der Waals surface area contributed by atoms with Crippen LogP contribution in [0.25, 0.3) is 10.9 Å². The van der Waals surface area contributed by atoms with Crippen molar-refractivity contribution in [3.05, 3.63) is 72.7 Å². The Hall–Kier alpha value is -3.85. The van der Waals surface area contributed by atoms with E-state index in [4.69, 9.17) is 10.5 Å². The van der Waals surface area contributed by atoms with Gasteiger partial charge in [0.25, 0.3) is 5.91 Å². The van der Waals surface area contributed by atoms with Gasteiger partial charge in [-0.2, -0.15) is 0 Å². The first-order valence-electron chi connectivity index (χ1n) is 8.99. The van der Waals surface area contributed by atoms with Crippen LogP contribution in [0.3, 0.4) is 0 Å². The Kier molecular flexibility index (Phi) is 5.62. The van der Waals surface area contributed by atoms with Gasteiger partial charge >= 0.3 is 0 Å². The number of carbonyl (C=O) groups is 1. The Bertz CT molecular complexity index is 1210. The highest BCUT2D eigenvalue weighted by Crippen LogP contribution is 2.35. The van der Waals surface area contributed by atoms with Crippen LogP contribution >= 0.6 is 11.8 Å². The molecule has 4 aromatic rings. The van der Waals surface area contributed by atoms with Gasteiger partial charge in [0.15, 0.2) is 5.82 Å². The molecule has 9 heteroatoms. The second kappa shape index (κ2) is 8.66. The highest BCUT2D eigenvalue weighted by molar-refractivity contribution is 7.99. The number of hydrazine groups is 1. The van der Waals surface area contributed by atoms with Gasteiger partial charge in [-0.25, -0.2) is 9.97 Å². The predicted octanol–water partition coefficient (Wildman–Crippen LogP) is 3.52. The molecular weight excluding hydrogens is 400 g/mol. The summed E-state index contributed by atoms with van der Waals surface area (Å²) in [7, 11) is 1.51. The zero-order valence-electron chi connectivity index (χ0n) is 16.0. The van der Waals surface area contributed by atoms with Crippen molar-refractivity contribution >= 4 is 40.1 Å². The molecule has 0 radical (unpaired) electrons. The van der Waals surface area contributed by atoms with E-state index < -0.39 is 0 Å². The van der Waals surface area contributed by atoms with Crippen LogP contribution in [-0.2, 0) is 0 Å². The third-order valence-corrected chi connectivity index (χ3v) is 5.36. The Labute approximate surface area is 176 Å². The minimum atomic E-state index is -0.377. The number of fused-ring (bicyclic) bond motifs is 1. The number of methoxy groups -OCH3 is 1. The average molecular weight is 418 g/mol. The van der Waals surface area contributed by atoms with E-state index in [2.05, 4.69) is 25.8 Å². The number of benzene rings is 2. The zero-order valence-corrected chi connectivity index (χ0v) is 16.8. The number of rotatable bonds is 6. The molecule has 0 aliphatic heterocycles. The van der Waals surface area contributed by atoms with E-state index >= 15 is 0 Å². The first-order valence-corrected chi connectivity index (χ1v) is 9.80. The molecule has 0 spiro atoms.